The molecule has 1 spiro atoms. The van der Waals surface area contributed by atoms with Gasteiger partial charge < -0.3 is 14.2 Å². The van der Waals surface area contributed by atoms with Crippen LogP contribution in [0.1, 0.15) is 45.4 Å². The third-order valence-corrected chi connectivity index (χ3v) is 7.53. The summed E-state index contributed by atoms with van der Waals surface area (Å²) < 4.78 is 17.9. The molecule has 34 heavy (non-hydrogen) atoms. The number of para-hydroxylation sites is 2. The highest BCUT2D eigenvalue weighted by molar-refractivity contribution is 5.95. The summed E-state index contributed by atoms with van der Waals surface area (Å²) in [7, 11) is 1.66. The van der Waals surface area contributed by atoms with Crippen molar-refractivity contribution in [1.82, 2.24) is 0 Å². The Labute approximate surface area is 200 Å². The lowest BCUT2D eigenvalue weighted by molar-refractivity contribution is -0.554. The van der Waals surface area contributed by atoms with Crippen LogP contribution in [0, 0.1) is 11.8 Å². The molecule has 1 aliphatic carbocycles. The van der Waals surface area contributed by atoms with Gasteiger partial charge in [0.2, 0.25) is 5.79 Å². The molecule has 0 N–H and O–H groups in total. The summed E-state index contributed by atoms with van der Waals surface area (Å²) in [4.78, 5) is 26.8. The standard InChI is InChI=1S/C27H33NO6/c1-26-18-16-20-10-9-11-21(27(20,34-33-26)24(30-2)32-26)17-19-31-25(29)28(22-12-5-3-6-13-22)23-14-7-4-8-15-23/h3-8,12-15,20-21,24H,9-11,16-19H2,1-2H3/t20-,21+,24+,26-,27-/m1/s1. The minimum atomic E-state index is -0.786. The van der Waals surface area contributed by atoms with Crippen molar-refractivity contribution in [3.8, 4) is 0 Å². The number of methoxy groups -OCH3 is 1. The highest BCUT2D eigenvalue weighted by Gasteiger charge is 2.63. The fraction of sp³-hybridized carbons (Fsp3) is 0.519. The quantitative estimate of drug-likeness (QED) is 0.488. The zero-order chi connectivity index (χ0) is 23.6. The Bertz CT molecular complexity index is 932. The van der Waals surface area contributed by atoms with Gasteiger partial charge in [0.15, 0.2) is 11.9 Å². The first-order valence-electron chi connectivity index (χ1n) is 12.2. The minimum Gasteiger partial charge on any atom is -0.449 e. The fourth-order valence-corrected chi connectivity index (χ4v) is 5.83. The predicted molar refractivity (Wildman–Crippen MR) is 126 cm³/mol. The van der Waals surface area contributed by atoms with Crippen molar-refractivity contribution in [1.29, 1.82) is 0 Å². The van der Waals surface area contributed by atoms with E-state index in [4.69, 9.17) is 24.0 Å². The van der Waals surface area contributed by atoms with E-state index in [1.807, 2.05) is 67.6 Å². The van der Waals surface area contributed by atoms with Gasteiger partial charge in [-0.05, 0) is 68.7 Å². The summed E-state index contributed by atoms with van der Waals surface area (Å²) >= 11 is 0. The van der Waals surface area contributed by atoms with Gasteiger partial charge in [0.05, 0.1) is 18.0 Å². The number of hydrogen-bond acceptors (Lipinski definition) is 6. The maximum absolute atomic E-state index is 13.2. The Morgan fingerprint density at radius 3 is 2.32 bits per heavy atom. The van der Waals surface area contributed by atoms with Crippen molar-refractivity contribution in [2.75, 3.05) is 18.6 Å². The number of ether oxygens (including phenoxy) is 3. The van der Waals surface area contributed by atoms with Crippen molar-refractivity contribution in [2.45, 2.75) is 63.1 Å². The first kappa shape index (κ1) is 23.3. The molecule has 2 aromatic carbocycles. The van der Waals surface area contributed by atoms with Crippen LogP contribution in [-0.2, 0) is 24.0 Å². The number of fused-ring (bicyclic) bond motifs is 3. The number of rotatable bonds is 6. The largest absolute Gasteiger partial charge is 0.449 e. The molecule has 0 radical (unpaired) electrons. The third-order valence-electron chi connectivity index (χ3n) is 7.53. The van der Waals surface area contributed by atoms with E-state index in [1.165, 1.54) is 0 Å². The Hall–Kier alpha value is -2.45. The maximum Gasteiger partial charge on any atom is 0.418 e. The summed E-state index contributed by atoms with van der Waals surface area (Å²) in [6.07, 6.45) is 4.55. The van der Waals surface area contributed by atoms with Crippen LogP contribution in [0.2, 0.25) is 0 Å². The van der Waals surface area contributed by atoms with Crippen molar-refractivity contribution >= 4 is 17.5 Å². The van der Waals surface area contributed by atoms with E-state index in [2.05, 4.69) is 0 Å². The van der Waals surface area contributed by atoms with Gasteiger partial charge in [0.25, 0.3) is 0 Å². The summed E-state index contributed by atoms with van der Waals surface area (Å²) in [5.41, 5.74) is 0.832. The average molecular weight is 468 g/mol. The molecule has 4 aliphatic rings. The molecule has 3 aliphatic heterocycles. The number of nitrogens with zero attached hydrogens (tertiary/aromatic N) is 1. The lowest BCUT2D eigenvalue weighted by Gasteiger charge is -2.53. The van der Waals surface area contributed by atoms with Crippen LogP contribution in [0.4, 0.5) is 16.2 Å². The van der Waals surface area contributed by atoms with Crippen molar-refractivity contribution < 1.29 is 28.8 Å². The summed E-state index contributed by atoms with van der Waals surface area (Å²) in [5.74, 6) is -0.415. The molecule has 1 amide bonds. The highest BCUT2D eigenvalue weighted by Crippen LogP contribution is 2.55. The molecule has 4 fully saturated rings. The molecule has 5 atom stereocenters. The molecule has 182 valence electrons. The SMILES string of the molecule is CO[C@H]1O[C@@]2(C)CC[C@H]3CCC[C@@H](CCOC(=O)N(c4ccccc4)c4ccccc4)[C@]31OO2. The van der Waals surface area contributed by atoms with Gasteiger partial charge >= 0.3 is 6.09 Å². The highest BCUT2D eigenvalue weighted by atomic mass is 17.3. The van der Waals surface area contributed by atoms with Crippen molar-refractivity contribution in [3.05, 3.63) is 60.7 Å². The minimum absolute atomic E-state index is 0.0913. The Balaban J connectivity index is 1.31. The Kier molecular flexibility index (Phi) is 6.62. The number of hydrogen-bond donors (Lipinski definition) is 0. The second-order valence-corrected chi connectivity index (χ2v) is 9.61. The molecular formula is C27H33NO6. The molecule has 3 heterocycles. The first-order chi connectivity index (χ1) is 16.6. The van der Waals surface area contributed by atoms with E-state index < -0.39 is 23.8 Å². The number of anilines is 2. The number of carbonyl (C=O) groups excluding carboxylic acids is 1. The van der Waals surface area contributed by atoms with E-state index >= 15 is 0 Å². The van der Waals surface area contributed by atoms with Crippen LogP contribution < -0.4 is 4.90 Å². The second kappa shape index (κ2) is 9.66. The van der Waals surface area contributed by atoms with E-state index in [9.17, 15) is 4.79 Å². The summed E-state index contributed by atoms with van der Waals surface area (Å²) in [6, 6.07) is 19.1. The Morgan fingerprint density at radius 2 is 1.68 bits per heavy atom. The van der Waals surface area contributed by atoms with Gasteiger partial charge in [-0.1, -0.05) is 42.8 Å². The zero-order valence-corrected chi connectivity index (χ0v) is 19.9. The van der Waals surface area contributed by atoms with Crippen LogP contribution in [0.25, 0.3) is 0 Å². The Morgan fingerprint density at radius 1 is 1.00 bits per heavy atom. The zero-order valence-electron chi connectivity index (χ0n) is 19.9. The average Bonchev–Trinajstić information content (AvgIpc) is 3.10. The van der Waals surface area contributed by atoms with Gasteiger partial charge in [-0.25, -0.2) is 19.5 Å². The van der Waals surface area contributed by atoms with Crippen LogP contribution in [0.15, 0.2) is 60.7 Å². The third kappa shape index (κ3) is 4.22. The molecule has 0 unspecified atom stereocenters. The first-order valence-corrected chi connectivity index (χ1v) is 12.2. The van der Waals surface area contributed by atoms with Crippen LogP contribution in [0.5, 0.6) is 0 Å². The van der Waals surface area contributed by atoms with E-state index in [0.717, 1.165) is 43.5 Å². The lowest BCUT2D eigenvalue weighted by atomic mass is 9.65. The molecule has 2 aromatic rings. The molecule has 7 heteroatoms. The summed E-state index contributed by atoms with van der Waals surface area (Å²) in [6.45, 7) is 2.17. The molecule has 1 saturated carbocycles. The topological polar surface area (TPSA) is 66.5 Å². The number of carbonyl (C=O) groups is 1. The predicted octanol–water partition coefficient (Wildman–Crippen LogP) is 5.97. The van der Waals surface area contributed by atoms with Gasteiger partial charge in [-0.15, -0.1) is 0 Å². The van der Waals surface area contributed by atoms with Crippen molar-refractivity contribution in [3.63, 3.8) is 0 Å². The number of benzene rings is 2. The van der Waals surface area contributed by atoms with Gasteiger partial charge in [-0.2, -0.15) is 0 Å². The maximum atomic E-state index is 13.2. The monoisotopic (exact) mass is 467 g/mol. The van der Waals surface area contributed by atoms with Crippen LogP contribution >= 0.6 is 0 Å². The van der Waals surface area contributed by atoms with E-state index in [1.54, 1.807) is 12.0 Å². The normalized spacial score (nSPS) is 32.5. The molecule has 3 saturated heterocycles. The van der Waals surface area contributed by atoms with E-state index in [0.29, 0.717) is 6.42 Å². The van der Waals surface area contributed by atoms with Gasteiger partial charge in [0.1, 0.15) is 0 Å². The second-order valence-electron chi connectivity index (χ2n) is 9.61. The molecule has 7 nitrogen and oxygen atoms in total. The van der Waals surface area contributed by atoms with Gasteiger partial charge in [0, 0.05) is 13.5 Å². The molecule has 2 bridgehead atoms. The molecule has 0 aromatic heterocycles. The van der Waals surface area contributed by atoms with Crippen LogP contribution in [-0.4, -0.2) is 37.5 Å². The fourth-order valence-electron chi connectivity index (χ4n) is 5.83. The molecule has 6 rings (SSSR count). The van der Waals surface area contributed by atoms with Crippen LogP contribution in [0.3, 0.4) is 0 Å². The summed E-state index contributed by atoms with van der Waals surface area (Å²) in [5, 5.41) is 0. The van der Waals surface area contributed by atoms with E-state index in [-0.39, 0.29) is 18.4 Å². The van der Waals surface area contributed by atoms with Gasteiger partial charge in [-0.3, -0.25) is 0 Å². The smallest absolute Gasteiger partial charge is 0.418 e. The van der Waals surface area contributed by atoms with Crippen molar-refractivity contribution in [2.24, 2.45) is 11.8 Å². The lowest BCUT2D eigenvalue weighted by Crippen LogP contribution is -2.63. The molecular weight excluding hydrogens is 434 g/mol. The number of amides is 1.